The topological polar surface area (TPSA) is 193 Å². The van der Waals surface area contributed by atoms with Crippen LogP contribution in [0.1, 0.15) is 58.2 Å². The molecule has 2 aromatic carbocycles. The maximum absolute atomic E-state index is 14.1. The monoisotopic (exact) mass is 724 g/mol. The van der Waals surface area contributed by atoms with E-state index >= 15 is 0 Å². The highest BCUT2D eigenvalue weighted by Gasteiger charge is 2.32. The van der Waals surface area contributed by atoms with Crippen molar-refractivity contribution in [1.82, 2.24) is 31.2 Å². The number of imidazole rings is 1. The van der Waals surface area contributed by atoms with Gasteiger partial charge in [0.15, 0.2) is 0 Å². The van der Waals surface area contributed by atoms with Crippen molar-refractivity contribution in [3.8, 4) is 0 Å². The van der Waals surface area contributed by atoms with Gasteiger partial charge in [-0.1, -0.05) is 76.6 Å². The quantitative estimate of drug-likeness (QED) is 0.0798. The summed E-state index contributed by atoms with van der Waals surface area (Å²) < 4.78 is 15.6. The molecule has 0 fully saturated rings. The Hall–Kier alpha value is -4.53. The molecule has 1 aromatic heterocycles. The lowest BCUT2D eigenvalue weighted by Gasteiger charge is -2.29. The molecule has 0 aliphatic carbocycles. The number of fused-ring (bicyclic) bond motifs is 1. The van der Waals surface area contributed by atoms with Crippen LogP contribution in [0.3, 0.4) is 0 Å². The fraction of sp³-hybridized carbons (Fsp3) is 0.553. The Morgan fingerprint density at radius 3 is 2.31 bits per heavy atom. The van der Waals surface area contributed by atoms with Crippen LogP contribution in [-0.4, -0.2) is 103 Å². The number of benzene rings is 2. The predicted octanol–water partition coefficient (Wildman–Crippen LogP) is 3.03. The van der Waals surface area contributed by atoms with Gasteiger partial charge in [-0.3, -0.25) is 14.4 Å². The summed E-state index contributed by atoms with van der Waals surface area (Å²) in [7, 11) is 1.56. The van der Waals surface area contributed by atoms with Crippen LogP contribution in [0.2, 0.25) is 0 Å². The molecule has 3 rings (SSSR count). The minimum absolute atomic E-state index is 0.0191. The summed E-state index contributed by atoms with van der Waals surface area (Å²) in [6, 6.07) is 10.4. The molecule has 0 saturated carbocycles. The summed E-state index contributed by atoms with van der Waals surface area (Å²) in [5.41, 5.74) is 1.32. The van der Waals surface area contributed by atoms with Gasteiger partial charge in [-0.15, -0.1) is 0 Å². The maximum Gasteiger partial charge on any atom is 0.407 e. The van der Waals surface area contributed by atoms with Crippen LogP contribution in [0.4, 0.5) is 4.79 Å². The summed E-state index contributed by atoms with van der Waals surface area (Å²) >= 11 is 0. The summed E-state index contributed by atoms with van der Waals surface area (Å²) in [4.78, 5) is 60.7. The fourth-order valence-corrected chi connectivity index (χ4v) is 5.55. The molecule has 3 unspecified atom stereocenters. The molecule has 14 nitrogen and oxygen atoms in total. The Labute approximate surface area is 306 Å². The normalized spacial score (nSPS) is 14.2. The minimum atomic E-state index is -1.17. The Balaban J connectivity index is 1.81. The molecule has 0 radical (unpaired) electrons. The first-order valence-corrected chi connectivity index (χ1v) is 18.0. The number of amides is 4. The summed E-state index contributed by atoms with van der Waals surface area (Å²) in [6.07, 6.45) is 2.32. The minimum Gasteiger partial charge on any atom is -0.447 e. The molecule has 3 aromatic rings. The Bertz CT molecular complexity index is 1530. The second kappa shape index (κ2) is 22.4. The molecule has 6 N–H and O–H groups in total. The van der Waals surface area contributed by atoms with Crippen LogP contribution in [0.25, 0.3) is 10.8 Å². The zero-order valence-electron chi connectivity index (χ0n) is 31.0. The number of aliphatic hydroxyl groups excluding tert-OH is 1. The number of alkyl carbamates (subject to hydrolysis) is 1. The molecular weight excluding hydrogens is 668 g/mol. The van der Waals surface area contributed by atoms with Gasteiger partial charge in [0.1, 0.15) is 18.7 Å². The smallest absolute Gasteiger partial charge is 0.407 e. The van der Waals surface area contributed by atoms with E-state index in [1.54, 1.807) is 13.3 Å². The van der Waals surface area contributed by atoms with Crippen molar-refractivity contribution in [2.24, 2.45) is 11.8 Å². The van der Waals surface area contributed by atoms with Crippen molar-refractivity contribution in [1.29, 1.82) is 0 Å². The number of nitrogens with zero attached hydrogens (tertiary/aromatic N) is 1. The van der Waals surface area contributed by atoms with E-state index in [1.807, 2.05) is 70.2 Å². The van der Waals surface area contributed by atoms with Gasteiger partial charge >= 0.3 is 6.09 Å². The highest BCUT2D eigenvalue weighted by atomic mass is 16.6. The van der Waals surface area contributed by atoms with Crippen molar-refractivity contribution >= 4 is 34.6 Å². The average molecular weight is 725 g/mol. The van der Waals surface area contributed by atoms with E-state index in [2.05, 4.69) is 31.2 Å². The van der Waals surface area contributed by atoms with Crippen molar-refractivity contribution in [2.45, 2.75) is 84.0 Å². The number of carbonyl (C=O) groups is 4. The molecule has 14 heteroatoms. The lowest BCUT2D eigenvalue weighted by molar-refractivity contribution is -0.131. The first kappa shape index (κ1) is 41.9. The van der Waals surface area contributed by atoms with Gasteiger partial charge in [-0.25, -0.2) is 9.78 Å². The second-order valence-electron chi connectivity index (χ2n) is 13.4. The third kappa shape index (κ3) is 14.6. The van der Waals surface area contributed by atoms with Crippen LogP contribution < -0.4 is 21.3 Å². The molecule has 286 valence electrons. The summed E-state index contributed by atoms with van der Waals surface area (Å²) in [5.74, 6) is -1.14. The van der Waals surface area contributed by atoms with Gasteiger partial charge in [0.2, 0.25) is 17.7 Å². The van der Waals surface area contributed by atoms with E-state index in [0.29, 0.717) is 37.8 Å². The average Bonchev–Trinajstić information content (AvgIpc) is 3.64. The number of aromatic amines is 1. The molecular formula is C38H56N6O8. The molecule has 4 amide bonds. The first-order chi connectivity index (χ1) is 25.0. The Morgan fingerprint density at radius 2 is 1.60 bits per heavy atom. The van der Waals surface area contributed by atoms with Gasteiger partial charge in [-0.2, -0.15) is 0 Å². The van der Waals surface area contributed by atoms with Gasteiger partial charge < -0.3 is 45.6 Å². The van der Waals surface area contributed by atoms with E-state index in [0.717, 1.165) is 22.8 Å². The second-order valence-corrected chi connectivity index (χ2v) is 13.4. The Kier molecular flexibility index (Phi) is 18.1. The van der Waals surface area contributed by atoms with E-state index < -0.39 is 42.1 Å². The molecule has 0 saturated heterocycles. The van der Waals surface area contributed by atoms with Crippen molar-refractivity contribution in [3.05, 3.63) is 66.2 Å². The number of aliphatic hydroxyl groups is 1. The van der Waals surface area contributed by atoms with Crippen LogP contribution in [0.15, 0.2) is 55.0 Å². The van der Waals surface area contributed by atoms with E-state index in [4.69, 9.17) is 14.2 Å². The summed E-state index contributed by atoms with van der Waals surface area (Å²) in [6.45, 7) is 9.30. The number of methoxy groups -OCH3 is 1. The number of ether oxygens (including phenoxy) is 3. The number of nitrogens with one attached hydrogen (secondary N) is 5. The lowest BCUT2D eigenvalue weighted by atomic mass is 9.96. The number of H-pyrrole nitrogens is 1. The molecule has 0 aliphatic heterocycles. The fourth-order valence-electron chi connectivity index (χ4n) is 5.55. The van der Waals surface area contributed by atoms with E-state index in [1.165, 1.54) is 6.33 Å². The highest BCUT2D eigenvalue weighted by molar-refractivity contribution is 5.93. The molecule has 0 bridgehead atoms. The standard InChI is InChI=1S/C38H56N6O8/c1-6-26(4)22-40-35(46)21-34(45)31(18-25(2)3)42-37(48)33(20-29-23-39-24-41-29)43-36(47)32(44-38(49)52-17-16-51-15-14-50-5)19-28-12-9-11-27-10-7-8-13-30(27)28/h7-13,23-26,31-34,45H,6,14-22H2,1-5H3,(H,39,41)(H,40,46)(H,42,48)(H,43,47)(H,44,49)/t26?,31?,32-,33-,34?/m0/s1. The summed E-state index contributed by atoms with van der Waals surface area (Å²) in [5, 5.41) is 24.3. The van der Waals surface area contributed by atoms with Gasteiger partial charge in [0.05, 0.1) is 50.4 Å². The number of rotatable bonds is 23. The van der Waals surface area contributed by atoms with Gasteiger partial charge in [0, 0.05) is 32.7 Å². The van der Waals surface area contributed by atoms with Crippen molar-refractivity contribution < 1.29 is 38.5 Å². The molecule has 5 atom stereocenters. The van der Waals surface area contributed by atoms with Crippen LogP contribution >= 0.6 is 0 Å². The van der Waals surface area contributed by atoms with Crippen LogP contribution in [0, 0.1) is 11.8 Å². The zero-order chi connectivity index (χ0) is 37.9. The van der Waals surface area contributed by atoms with Crippen molar-refractivity contribution in [3.63, 3.8) is 0 Å². The Morgan fingerprint density at radius 1 is 0.885 bits per heavy atom. The number of aromatic nitrogens is 2. The molecule has 1 heterocycles. The van der Waals surface area contributed by atoms with Gasteiger partial charge in [-0.05, 0) is 34.6 Å². The first-order valence-electron chi connectivity index (χ1n) is 18.0. The van der Waals surface area contributed by atoms with Crippen molar-refractivity contribution in [2.75, 3.05) is 40.1 Å². The zero-order valence-corrected chi connectivity index (χ0v) is 31.0. The number of hydrogen-bond acceptors (Lipinski definition) is 9. The lowest BCUT2D eigenvalue weighted by Crippen LogP contribution is -2.57. The third-order valence-corrected chi connectivity index (χ3v) is 8.66. The van der Waals surface area contributed by atoms with E-state index in [9.17, 15) is 24.3 Å². The van der Waals surface area contributed by atoms with Crippen LogP contribution in [-0.2, 0) is 41.4 Å². The van der Waals surface area contributed by atoms with Gasteiger partial charge in [0.25, 0.3) is 0 Å². The number of hydrogen-bond donors (Lipinski definition) is 6. The SMILES string of the molecule is CCC(C)CNC(=O)CC(O)C(CC(C)C)NC(=O)[C@H](Cc1c[nH]cn1)NC(=O)[C@H](Cc1cccc2ccccc12)NC(=O)OCCOCCOC. The van der Waals surface area contributed by atoms with E-state index in [-0.39, 0.29) is 44.3 Å². The molecule has 52 heavy (non-hydrogen) atoms. The maximum atomic E-state index is 14.1. The number of carbonyl (C=O) groups excluding carboxylic acids is 4. The molecule has 0 spiro atoms. The largest absolute Gasteiger partial charge is 0.447 e. The highest BCUT2D eigenvalue weighted by Crippen LogP contribution is 2.20. The third-order valence-electron chi connectivity index (χ3n) is 8.66. The predicted molar refractivity (Wildman–Crippen MR) is 197 cm³/mol. The molecule has 0 aliphatic rings. The van der Waals surface area contributed by atoms with Crippen LogP contribution in [0.5, 0.6) is 0 Å².